The van der Waals surface area contributed by atoms with E-state index in [0.717, 1.165) is 48.3 Å². The monoisotopic (exact) mass is 355 g/mol. The first-order valence-corrected chi connectivity index (χ1v) is 8.41. The van der Waals surface area contributed by atoms with Crippen LogP contribution in [0.1, 0.15) is 38.7 Å². The van der Waals surface area contributed by atoms with Gasteiger partial charge in [-0.15, -0.1) is 6.58 Å². The van der Waals surface area contributed by atoms with E-state index in [1.165, 1.54) is 5.56 Å². The Labute approximate surface area is 136 Å². The van der Waals surface area contributed by atoms with Crippen molar-refractivity contribution in [3.05, 3.63) is 34.8 Å². The van der Waals surface area contributed by atoms with Crippen LogP contribution in [0.5, 0.6) is 11.5 Å². The van der Waals surface area contributed by atoms with Crippen molar-refractivity contribution in [2.24, 2.45) is 0 Å². The quantitative estimate of drug-likeness (QED) is 0.461. The molecule has 4 heteroatoms. The molecule has 0 aromatic heterocycles. The zero-order valence-corrected chi connectivity index (χ0v) is 14.7. The lowest BCUT2D eigenvalue weighted by molar-refractivity contribution is 0.272. The third kappa shape index (κ3) is 6.53. The van der Waals surface area contributed by atoms with E-state index in [2.05, 4.69) is 46.9 Å². The molecule has 0 amide bonds. The summed E-state index contributed by atoms with van der Waals surface area (Å²) < 4.78 is 12.5. The average Bonchev–Trinajstić information content (AvgIpc) is 2.46. The molecule has 0 radical (unpaired) electrons. The first kappa shape index (κ1) is 18.1. The lowest BCUT2D eigenvalue weighted by Crippen LogP contribution is -2.14. The molecule has 1 aromatic rings. The van der Waals surface area contributed by atoms with E-state index in [-0.39, 0.29) is 0 Å². The molecule has 1 N–H and O–H groups in total. The van der Waals surface area contributed by atoms with Gasteiger partial charge < -0.3 is 14.8 Å². The molecule has 0 aliphatic carbocycles. The van der Waals surface area contributed by atoms with Crippen molar-refractivity contribution in [3.63, 3.8) is 0 Å². The predicted octanol–water partition coefficient (Wildman–Crippen LogP) is 4.69. The van der Waals surface area contributed by atoms with Gasteiger partial charge in [0.25, 0.3) is 0 Å². The van der Waals surface area contributed by atoms with Crippen LogP contribution < -0.4 is 14.8 Å². The van der Waals surface area contributed by atoms with Gasteiger partial charge >= 0.3 is 0 Å². The van der Waals surface area contributed by atoms with Crippen LogP contribution >= 0.6 is 15.9 Å². The smallest absolute Gasteiger partial charge is 0.175 e. The second-order valence-corrected chi connectivity index (χ2v) is 5.65. The van der Waals surface area contributed by atoms with Gasteiger partial charge in [-0.05, 0) is 66.4 Å². The lowest BCUT2D eigenvalue weighted by atomic mass is 10.2. The molecule has 0 saturated heterocycles. The molecule has 0 saturated carbocycles. The van der Waals surface area contributed by atoms with Crippen molar-refractivity contribution in [3.8, 4) is 11.5 Å². The number of hydrogen-bond donors (Lipinski definition) is 1. The van der Waals surface area contributed by atoms with E-state index in [1.807, 2.05) is 13.0 Å². The van der Waals surface area contributed by atoms with Crippen LogP contribution in [0.3, 0.4) is 0 Å². The standard InChI is InChI=1S/C17H26BrNO2/c1-4-7-8-10-21-17-15(18)11-14(13-19-9-5-2)12-16(17)20-6-3/h4,11-12,19H,1,5-10,13H2,2-3H3. The topological polar surface area (TPSA) is 30.5 Å². The van der Waals surface area contributed by atoms with Crippen molar-refractivity contribution >= 4 is 15.9 Å². The van der Waals surface area contributed by atoms with E-state index in [0.29, 0.717) is 13.2 Å². The maximum absolute atomic E-state index is 5.86. The normalized spacial score (nSPS) is 10.4. The van der Waals surface area contributed by atoms with Crippen molar-refractivity contribution in [1.29, 1.82) is 0 Å². The minimum Gasteiger partial charge on any atom is -0.490 e. The van der Waals surface area contributed by atoms with E-state index >= 15 is 0 Å². The van der Waals surface area contributed by atoms with E-state index < -0.39 is 0 Å². The number of hydrogen-bond acceptors (Lipinski definition) is 3. The summed E-state index contributed by atoms with van der Waals surface area (Å²) in [6.07, 6.45) is 4.95. The van der Waals surface area contributed by atoms with Gasteiger partial charge in [-0.1, -0.05) is 13.0 Å². The maximum Gasteiger partial charge on any atom is 0.175 e. The summed E-state index contributed by atoms with van der Waals surface area (Å²) in [5.74, 6) is 1.60. The summed E-state index contributed by atoms with van der Waals surface area (Å²) in [6.45, 7) is 11.0. The van der Waals surface area contributed by atoms with Crippen LogP contribution in [0, 0.1) is 0 Å². The Morgan fingerprint density at radius 2 is 2.10 bits per heavy atom. The van der Waals surface area contributed by atoms with Crippen LogP contribution in [0.15, 0.2) is 29.3 Å². The highest BCUT2D eigenvalue weighted by molar-refractivity contribution is 9.10. The van der Waals surface area contributed by atoms with E-state index in [1.54, 1.807) is 0 Å². The fourth-order valence-corrected chi connectivity index (χ4v) is 2.54. The Morgan fingerprint density at radius 3 is 2.76 bits per heavy atom. The zero-order valence-electron chi connectivity index (χ0n) is 13.1. The number of allylic oxidation sites excluding steroid dienone is 1. The SMILES string of the molecule is C=CCCCOc1c(Br)cc(CNCCC)cc1OCC. The Balaban J connectivity index is 2.77. The Kier molecular flexibility index (Phi) is 9.19. The second-order valence-electron chi connectivity index (χ2n) is 4.79. The number of ether oxygens (including phenoxy) is 2. The minimum absolute atomic E-state index is 0.626. The largest absolute Gasteiger partial charge is 0.490 e. The highest BCUT2D eigenvalue weighted by Gasteiger charge is 2.12. The summed E-state index contributed by atoms with van der Waals surface area (Å²) in [6, 6.07) is 4.15. The van der Waals surface area contributed by atoms with Crippen molar-refractivity contribution in [1.82, 2.24) is 5.32 Å². The Bertz CT molecular complexity index is 435. The number of rotatable bonds is 11. The van der Waals surface area contributed by atoms with Crippen molar-refractivity contribution in [2.45, 2.75) is 39.7 Å². The minimum atomic E-state index is 0.626. The summed E-state index contributed by atoms with van der Waals surface area (Å²) in [5.41, 5.74) is 1.19. The van der Waals surface area contributed by atoms with Crippen LogP contribution in [0.2, 0.25) is 0 Å². The van der Waals surface area contributed by atoms with Gasteiger partial charge in [0.1, 0.15) is 0 Å². The highest BCUT2D eigenvalue weighted by atomic mass is 79.9. The van der Waals surface area contributed by atoms with Gasteiger partial charge in [0, 0.05) is 6.54 Å². The van der Waals surface area contributed by atoms with Gasteiger partial charge in [0.2, 0.25) is 0 Å². The number of nitrogens with one attached hydrogen (secondary N) is 1. The van der Waals surface area contributed by atoms with Gasteiger partial charge in [0.15, 0.2) is 11.5 Å². The molecule has 1 rings (SSSR count). The summed E-state index contributed by atoms with van der Waals surface area (Å²) >= 11 is 3.59. The summed E-state index contributed by atoms with van der Waals surface area (Å²) in [7, 11) is 0. The lowest BCUT2D eigenvalue weighted by Gasteiger charge is -2.15. The third-order valence-corrected chi connectivity index (χ3v) is 3.51. The Hall–Kier alpha value is -1.00. The van der Waals surface area contributed by atoms with Crippen LogP contribution in [0.25, 0.3) is 0 Å². The molecular weight excluding hydrogens is 330 g/mol. The first-order chi connectivity index (χ1) is 10.2. The zero-order chi connectivity index (χ0) is 15.5. The average molecular weight is 356 g/mol. The molecule has 3 nitrogen and oxygen atoms in total. The molecule has 118 valence electrons. The van der Waals surface area contributed by atoms with Crippen LogP contribution in [-0.4, -0.2) is 19.8 Å². The molecule has 0 bridgehead atoms. The number of unbranched alkanes of at least 4 members (excludes halogenated alkanes) is 1. The van der Waals surface area contributed by atoms with E-state index in [4.69, 9.17) is 9.47 Å². The maximum atomic E-state index is 5.86. The molecule has 21 heavy (non-hydrogen) atoms. The number of benzene rings is 1. The molecule has 0 spiro atoms. The molecular formula is C17H26BrNO2. The predicted molar refractivity (Wildman–Crippen MR) is 92.2 cm³/mol. The van der Waals surface area contributed by atoms with Crippen LogP contribution in [0.4, 0.5) is 0 Å². The second kappa shape index (κ2) is 10.7. The van der Waals surface area contributed by atoms with Gasteiger partial charge in [-0.25, -0.2) is 0 Å². The van der Waals surface area contributed by atoms with E-state index in [9.17, 15) is 0 Å². The number of halogens is 1. The molecule has 0 fully saturated rings. The van der Waals surface area contributed by atoms with Crippen molar-refractivity contribution in [2.75, 3.05) is 19.8 Å². The third-order valence-electron chi connectivity index (χ3n) is 2.92. The first-order valence-electron chi connectivity index (χ1n) is 7.62. The molecule has 0 unspecified atom stereocenters. The molecule has 0 atom stereocenters. The van der Waals surface area contributed by atoms with Gasteiger partial charge in [-0.2, -0.15) is 0 Å². The van der Waals surface area contributed by atoms with Gasteiger partial charge in [-0.3, -0.25) is 0 Å². The highest BCUT2D eigenvalue weighted by Crippen LogP contribution is 2.37. The van der Waals surface area contributed by atoms with Crippen LogP contribution in [-0.2, 0) is 6.54 Å². The summed E-state index contributed by atoms with van der Waals surface area (Å²) in [4.78, 5) is 0. The Morgan fingerprint density at radius 1 is 1.29 bits per heavy atom. The molecule has 0 aliphatic heterocycles. The summed E-state index contributed by atoms with van der Waals surface area (Å²) in [5, 5.41) is 3.40. The molecule has 0 aliphatic rings. The van der Waals surface area contributed by atoms with Crippen molar-refractivity contribution < 1.29 is 9.47 Å². The fourth-order valence-electron chi connectivity index (χ4n) is 1.94. The molecule has 1 aromatic carbocycles. The fraction of sp³-hybridized carbons (Fsp3) is 0.529. The molecule has 0 heterocycles. The van der Waals surface area contributed by atoms with Gasteiger partial charge in [0.05, 0.1) is 17.7 Å².